The van der Waals surface area contributed by atoms with Crippen molar-refractivity contribution >= 4 is 5.91 Å². The summed E-state index contributed by atoms with van der Waals surface area (Å²) in [6, 6.07) is 10.3. The zero-order valence-corrected chi connectivity index (χ0v) is 14.5. The van der Waals surface area contributed by atoms with Crippen LogP contribution < -0.4 is 0 Å². The van der Waals surface area contributed by atoms with E-state index in [0.717, 1.165) is 32.4 Å². The Bertz CT molecular complexity index is 783. The third-order valence-corrected chi connectivity index (χ3v) is 5.50. The molecule has 138 valence electrons. The van der Waals surface area contributed by atoms with Crippen molar-refractivity contribution in [1.82, 2.24) is 19.6 Å². The van der Waals surface area contributed by atoms with Crippen LogP contribution in [0.25, 0.3) is 0 Å². The maximum atomic E-state index is 12.9. The molecule has 4 rings (SSSR count). The summed E-state index contributed by atoms with van der Waals surface area (Å²) < 4.78 is 26.4. The van der Waals surface area contributed by atoms with Gasteiger partial charge in [-0.2, -0.15) is 18.6 Å². The highest BCUT2D eigenvalue weighted by atomic mass is 19.3. The second-order valence-corrected chi connectivity index (χ2v) is 6.95. The minimum absolute atomic E-state index is 0.0367. The van der Waals surface area contributed by atoms with Crippen LogP contribution in [0.1, 0.15) is 41.0 Å². The van der Waals surface area contributed by atoms with Gasteiger partial charge in [-0.15, -0.1) is 0 Å². The van der Waals surface area contributed by atoms with Crippen LogP contribution in [0.15, 0.2) is 36.5 Å². The van der Waals surface area contributed by atoms with Gasteiger partial charge in [-0.25, -0.2) is 0 Å². The molecule has 5 nitrogen and oxygen atoms in total. The molecule has 1 aromatic carbocycles. The zero-order valence-electron chi connectivity index (χ0n) is 14.5. The van der Waals surface area contributed by atoms with Gasteiger partial charge in [0.2, 0.25) is 0 Å². The molecule has 2 aromatic rings. The van der Waals surface area contributed by atoms with Gasteiger partial charge in [-0.1, -0.05) is 24.3 Å². The second kappa shape index (κ2) is 7.15. The van der Waals surface area contributed by atoms with Gasteiger partial charge in [0.15, 0.2) is 0 Å². The van der Waals surface area contributed by atoms with E-state index in [2.05, 4.69) is 34.3 Å². The second-order valence-electron chi connectivity index (χ2n) is 6.95. The lowest BCUT2D eigenvalue weighted by atomic mass is 9.95. The van der Waals surface area contributed by atoms with Gasteiger partial charge in [0.25, 0.3) is 5.91 Å². The minimum Gasteiger partial charge on any atom is -0.337 e. The molecule has 2 aliphatic heterocycles. The number of carbonyl (C=O) groups excluding carboxylic acids is 1. The van der Waals surface area contributed by atoms with Gasteiger partial charge >= 0.3 is 6.55 Å². The van der Waals surface area contributed by atoms with Crippen LogP contribution in [0.2, 0.25) is 0 Å². The van der Waals surface area contributed by atoms with Crippen LogP contribution in [0.5, 0.6) is 0 Å². The molecule has 0 atom stereocenters. The molecule has 3 heterocycles. The summed E-state index contributed by atoms with van der Waals surface area (Å²) in [4.78, 5) is 16.7. The lowest BCUT2D eigenvalue weighted by Crippen LogP contribution is -2.48. The van der Waals surface area contributed by atoms with Crippen molar-refractivity contribution in [3.63, 3.8) is 0 Å². The van der Waals surface area contributed by atoms with Crippen molar-refractivity contribution in [3.05, 3.63) is 53.3 Å². The molecule has 1 fully saturated rings. The number of hydrogen-bond donors (Lipinski definition) is 0. The van der Waals surface area contributed by atoms with E-state index in [0.29, 0.717) is 23.8 Å². The van der Waals surface area contributed by atoms with Crippen LogP contribution in [0.3, 0.4) is 0 Å². The monoisotopic (exact) mass is 360 g/mol. The van der Waals surface area contributed by atoms with Gasteiger partial charge in [-0.05, 0) is 36.5 Å². The van der Waals surface area contributed by atoms with Crippen molar-refractivity contribution in [2.75, 3.05) is 19.6 Å². The molecule has 7 heteroatoms. The van der Waals surface area contributed by atoms with Crippen LogP contribution in [0, 0.1) is 0 Å². The average molecular weight is 360 g/mol. The first-order valence-electron chi connectivity index (χ1n) is 9.05. The van der Waals surface area contributed by atoms with Crippen molar-refractivity contribution < 1.29 is 13.6 Å². The first-order chi connectivity index (χ1) is 12.6. The van der Waals surface area contributed by atoms with E-state index in [-0.39, 0.29) is 11.6 Å². The molecule has 26 heavy (non-hydrogen) atoms. The lowest BCUT2D eigenvalue weighted by Gasteiger charge is -2.40. The Morgan fingerprint density at radius 3 is 2.54 bits per heavy atom. The summed E-state index contributed by atoms with van der Waals surface area (Å²) >= 11 is 0. The minimum atomic E-state index is -2.80. The highest BCUT2D eigenvalue weighted by Crippen LogP contribution is 2.25. The third kappa shape index (κ3) is 3.23. The van der Waals surface area contributed by atoms with Crippen molar-refractivity contribution in [2.24, 2.45) is 0 Å². The SMILES string of the molecule is O=C(c1ccnn1C(F)F)N1CCC(N2CCc3ccccc3C2)CC1. The Hall–Kier alpha value is -2.28. The van der Waals surface area contributed by atoms with E-state index >= 15 is 0 Å². The van der Waals surface area contributed by atoms with E-state index in [9.17, 15) is 13.6 Å². The van der Waals surface area contributed by atoms with Crippen LogP contribution >= 0.6 is 0 Å². The summed E-state index contributed by atoms with van der Waals surface area (Å²) in [6.45, 7) is 0.377. The number of likely N-dealkylation sites (tertiary alicyclic amines) is 1. The smallest absolute Gasteiger partial charge is 0.333 e. The Morgan fingerprint density at radius 2 is 1.81 bits per heavy atom. The summed E-state index contributed by atoms with van der Waals surface area (Å²) in [6.07, 6.45) is 4.05. The van der Waals surface area contributed by atoms with Gasteiger partial charge in [-0.3, -0.25) is 9.69 Å². The molecular weight excluding hydrogens is 338 g/mol. The van der Waals surface area contributed by atoms with Crippen molar-refractivity contribution in [3.8, 4) is 0 Å². The largest absolute Gasteiger partial charge is 0.337 e. The fraction of sp³-hybridized carbons (Fsp3) is 0.474. The summed E-state index contributed by atoms with van der Waals surface area (Å²) in [7, 11) is 0. The Morgan fingerprint density at radius 1 is 1.08 bits per heavy atom. The molecule has 1 amide bonds. The number of benzene rings is 1. The number of rotatable bonds is 3. The predicted octanol–water partition coefficient (Wildman–Crippen LogP) is 2.94. The maximum Gasteiger partial charge on any atom is 0.333 e. The highest BCUT2D eigenvalue weighted by molar-refractivity contribution is 5.92. The standard InChI is InChI=1S/C19H22F2N4O/c20-19(21)25-17(5-9-22-25)18(26)23-11-7-16(8-12-23)24-10-6-14-3-1-2-4-15(14)13-24/h1-5,9,16,19H,6-8,10-13H2. The molecule has 0 saturated carbocycles. The molecule has 0 N–H and O–H groups in total. The highest BCUT2D eigenvalue weighted by Gasteiger charge is 2.30. The number of piperidine rings is 1. The quantitative estimate of drug-likeness (QED) is 0.845. The number of nitrogens with zero attached hydrogens (tertiary/aromatic N) is 4. The molecular formula is C19H22F2N4O. The topological polar surface area (TPSA) is 41.4 Å². The number of amides is 1. The first kappa shape index (κ1) is 17.1. The van der Waals surface area contributed by atoms with Crippen molar-refractivity contribution in [2.45, 2.75) is 38.4 Å². The van der Waals surface area contributed by atoms with Crippen LogP contribution in [-0.2, 0) is 13.0 Å². The number of halogens is 2. The van der Waals surface area contributed by atoms with E-state index in [1.165, 1.54) is 23.4 Å². The van der Waals surface area contributed by atoms with Crippen LogP contribution in [-0.4, -0.2) is 51.2 Å². The number of alkyl halides is 2. The number of aromatic nitrogens is 2. The van der Waals surface area contributed by atoms with Crippen LogP contribution in [0.4, 0.5) is 8.78 Å². The van der Waals surface area contributed by atoms with Gasteiger partial charge in [0, 0.05) is 38.4 Å². The Kier molecular flexibility index (Phi) is 4.72. The molecule has 2 aliphatic rings. The van der Waals surface area contributed by atoms with Gasteiger partial charge < -0.3 is 4.90 Å². The fourth-order valence-corrected chi connectivity index (χ4v) is 4.06. The zero-order chi connectivity index (χ0) is 18.1. The predicted molar refractivity (Wildman–Crippen MR) is 93.0 cm³/mol. The fourth-order valence-electron chi connectivity index (χ4n) is 4.06. The number of hydrogen-bond acceptors (Lipinski definition) is 3. The molecule has 0 radical (unpaired) electrons. The van der Waals surface area contributed by atoms with E-state index < -0.39 is 6.55 Å². The number of carbonyl (C=O) groups is 1. The maximum absolute atomic E-state index is 12.9. The normalized spacial score (nSPS) is 19.0. The molecule has 0 aliphatic carbocycles. The Labute approximate surface area is 151 Å². The molecule has 1 aromatic heterocycles. The molecule has 0 bridgehead atoms. The van der Waals surface area contributed by atoms with Gasteiger partial charge in [0.05, 0.1) is 0 Å². The van der Waals surface area contributed by atoms with E-state index in [1.54, 1.807) is 4.90 Å². The van der Waals surface area contributed by atoms with E-state index in [4.69, 9.17) is 0 Å². The Balaban J connectivity index is 1.37. The van der Waals surface area contributed by atoms with E-state index in [1.807, 2.05) is 0 Å². The third-order valence-electron chi connectivity index (χ3n) is 5.50. The summed E-state index contributed by atoms with van der Waals surface area (Å²) in [5, 5.41) is 3.55. The molecule has 1 saturated heterocycles. The lowest BCUT2D eigenvalue weighted by molar-refractivity contribution is 0.0416. The molecule has 0 spiro atoms. The molecule has 0 unspecified atom stereocenters. The summed E-state index contributed by atoms with van der Waals surface area (Å²) in [5.41, 5.74) is 2.78. The van der Waals surface area contributed by atoms with Gasteiger partial charge in [0.1, 0.15) is 5.69 Å². The average Bonchev–Trinajstić information content (AvgIpc) is 3.17. The number of fused-ring (bicyclic) bond motifs is 1. The summed E-state index contributed by atoms with van der Waals surface area (Å²) in [5.74, 6) is -0.356. The first-order valence-corrected chi connectivity index (χ1v) is 9.05. The van der Waals surface area contributed by atoms with Crippen molar-refractivity contribution in [1.29, 1.82) is 0 Å².